The van der Waals surface area contributed by atoms with Crippen molar-refractivity contribution >= 4 is 0 Å². The van der Waals surface area contributed by atoms with E-state index in [4.69, 9.17) is 9.52 Å². The number of aliphatic hydroxyl groups is 1. The van der Waals surface area contributed by atoms with Crippen molar-refractivity contribution in [1.82, 2.24) is 10.2 Å². The second-order valence-corrected chi connectivity index (χ2v) is 2.84. The molecule has 0 fully saturated rings. The Kier molecular flexibility index (Phi) is 2.55. The number of benzene rings is 1. The van der Waals surface area contributed by atoms with Crippen LogP contribution in [0.25, 0.3) is 11.5 Å². The highest BCUT2D eigenvalue weighted by Gasteiger charge is 2.06. The van der Waals surface area contributed by atoms with Crippen LogP contribution < -0.4 is 0 Å². The third-order valence-corrected chi connectivity index (χ3v) is 1.81. The Hall–Kier alpha value is -1.68. The summed E-state index contributed by atoms with van der Waals surface area (Å²) in [6.07, 6.45) is 0.403. The van der Waals surface area contributed by atoms with Crippen LogP contribution in [0.1, 0.15) is 5.89 Å². The molecule has 4 nitrogen and oxygen atoms in total. The first-order valence-corrected chi connectivity index (χ1v) is 4.39. The van der Waals surface area contributed by atoms with Gasteiger partial charge in [-0.05, 0) is 12.1 Å². The second-order valence-electron chi connectivity index (χ2n) is 2.84. The van der Waals surface area contributed by atoms with Crippen LogP contribution in [-0.2, 0) is 6.42 Å². The highest BCUT2D eigenvalue weighted by molar-refractivity contribution is 5.51. The summed E-state index contributed by atoms with van der Waals surface area (Å²) >= 11 is 0. The standard InChI is InChI=1S/C10H10N2O2/c13-7-6-9-11-12-10(14-9)8-4-2-1-3-5-8/h1-5,13H,6-7H2. The minimum atomic E-state index is 0.0242. The highest BCUT2D eigenvalue weighted by atomic mass is 16.4. The molecule has 0 radical (unpaired) electrons. The first kappa shape index (κ1) is 8.90. The molecule has 0 atom stereocenters. The molecule has 4 heteroatoms. The van der Waals surface area contributed by atoms with Crippen LogP contribution >= 0.6 is 0 Å². The van der Waals surface area contributed by atoms with Crippen molar-refractivity contribution in [2.45, 2.75) is 6.42 Å². The average Bonchev–Trinajstić information content (AvgIpc) is 2.68. The van der Waals surface area contributed by atoms with Crippen molar-refractivity contribution in [3.8, 4) is 11.5 Å². The molecular weight excluding hydrogens is 180 g/mol. The molecule has 1 aromatic heterocycles. The third-order valence-electron chi connectivity index (χ3n) is 1.81. The quantitative estimate of drug-likeness (QED) is 0.791. The zero-order valence-electron chi connectivity index (χ0n) is 7.55. The van der Waals surface area contributed by atoms with E-state index in [0.717, 1.165) is 5.56 Å². The van der Waals surface area contributed by atoms with Crippen LogP contribution in [0.2, 0.25) is 0 Å². The zero-order chi connectivity index (χ0) is 9.80. The smallest absolute Gasteiger partial charge is 0.247 e. The van der Waals surface area contributed by atoms with E-state index in [0.29, 0.717) is 18.2 Å². The van der Waals surface area contributed by atoms with Crippen molar-refractivity contribution in [1.29, 1.82) is 0 Å². The van der Waals surface area contributed by atoms with Crippen LogP contribution in [0.4, 0.5) is 0 Å². The molecule has 2 aromatic rings. The van der Waals surface area contributed by atoms with Gasteiger partial charge in [-0.1, -0.05) is 18.2 Å². The molecule has 0 aliphatic rings. The van der Waals surface area contributed by atoms with E-state index in [-0.39, 0.29) is 6.61 Å². The molecule has 0 saturated carbocycles. The van der Waals surface area contributed by atoms with E-state index in [2.05, 4.69) is 10.2 Å². The fourth-order valence-electron chi connectivity index (χ4n) is 1.15. The van der Waals surface area contributed by atoms with Gasteiger partial charge in [-0.2, -0.15) is 0 Å². The molecule has 14 heavy (non-hydrogen) atoms. The summed E-state index contributed by atoms with van der Waals surface area (Å²) in [6, 6.07) is 9.54. The molecule has 1 aromatic carbocycles. The summed E-state index contributed by atoms with van der Waals surface area (Å²) in [5.74, 6) is 0.959. The summed E-state index contributed by atoms with van der Waals surface area (Å²) in [5, 5.41) is 16.4. The lowest BCUT2D eigenvalue weighted by Crippen LogP contribution is -1.89. The molecule has 72 valence electrons. The highest BCUT2D eigenvalue weighted by Crippen LogP contribution is 2.16. The van der Waals surface area contributed by atoms with Crippen molar-refractivity contribution in [2.24, 2.45) is 0 Å². The Bertz CT molecular complexity index is 398. The first-order valence-electron chi connectivity index (χ1n) is 4.39. The lowest BCUT2D eigenvalue weighted by Gasteiger charge is -1.91. The Morgan fingerprint density at radius 2 is 1.93 bits per heavy atom. The molecule has 0 bridgehead atoms. The van der Waals surface area contributed by atoms with Gasteiger partial charge in [0.05, 0.1) is 6.61 Å². The monoisotopic (exact) mass is 190 g/mol. The fraction of sp³-hybridized carbons (Fsp3) is 0.200. The second kappa shape index (κ2) is 4.02. The van der Waals surface area contributed by atoms with Gasteiger partial charge in [-0.3, -0.25) is 0 Å². The topological polar surface area (TPSA) is 59.2 Å². The van der Waals surface area contributed by atoms with Crippen LogP contribution in [0, 0.1) is 0 Å². The normalized spacial score (nSPS) is 10.4. The molecule has 0 aliphatic heterocycles. The van der Waals surface area contributed by atoms with Gasteiger partial charge < -0.3 is 9.52 Å². The maximum atomic E-state index is 8.67. The first-order chi connectivity index (χ1) is 6.90. The zero-order valence-corrected chi connectivity index (χ0v) is 7.55. The molecule has 1 N–H and O–H groups in total. The Morgan fingerprint density at radius 1 is 1.14 bits per heavy atom. The van der Waals surface area contributed by atoms with Crippen molar-refractivity contribution in [3.63, 3.8) is 0 Å². The maximum Gasteiger partial charge on any atom is 0.247 e. The van der Waals surface area contributed by atoms with Gasteiger partial charge in [-0.15, -0.1) is 10.2 Å². The number of rotatable bonds is 3. The van der Waals surface area contributed by atoms with Gasteiger partial charge in [0.1, 0.15) is 0 Å². The molecule has 0 unspecified atom stereocenters. The summed E-state index contributed by atoms with van der Waals surface area (Å²) < 4.78 is 5.33. The van der Waals surface area contributed by atoms with Gasteiger partial charge >= 0.3 is 0 Å². The van der Waals surface area contributed by atoms with E-state index in [1.807, 2.05) is 30.3 Å². The van der Waals surface area contributed by atoms with E-state index >= 15 is 0 Å². The lowest BCUT2D eigenvalue weighted by molar-refractivity contribution is 0.285. The van der Waals surface area contributed by atoms with Gasteiger partial charge in [0.15, 0.2) is 0 Å². The SMILES string of the molecule is OCCc1nnc(-c2ccccc2)o1. The van der Waals surface area contributed by atoms with Gasteiger partial charge in [0.2, 0.25) is 11.8 Å². The molecular formula is C10H10N2O2. The molecule has 0 saturated heterocycles. The Balaban J connectivity index is 2.25. The Labute approximate surface area is 81.2 Å². The molecule has 1 heterocycles. The summed E-state index contributed by atoms with van der Waals surface area (Å²) in [7, 11) is 0. The predicted molar refractivity (Wildman–Crippen MR) is 50.5 cm³/mol. The van der Waals surface area contributed by atoms with Crippen LogP contribution in [0.15, 0.2) is 34.7 Å². The molecule has 0 spiro atoms. The van der Waals surface area contributed by atoms with Crippen molar-refractivity contribution < 1.29 is 9.52 Å². The molecule has 0 amide bonds. The number of aromatic nitrogens is 2. The largest absolute Gasteiger partial charge is 0.421 e. The molecule has 2 rings (SSSR count). The van der Waals surface area contributed by atoms with E-state index in [1.165, 1.54) is 0 Å². The van der Waals surface area contributed by atoms with Gasteiger partial charge in [0.25, 0.3) is 0 Å². The van der Waals surface area contributed by atoms with Crippen LogP contribution in [0.5, 0.6) is 0 Å². The maximum absolute atomic E-state index is 8.67. The summed E-state index contributed by atoms with van der Waals surface area (Å²) in [4.78, 5) is 0. The average molecular weight is 190 g/mol. The summed E-state index contributed by atoms with van der Waals surface area (Å²) in [5.41, 5.74) is 0.893. The van der Waals surface area contributed by atoms with Crippen molar-refractivity contribution in [3.05, 3.63) is 36.2 Å². The van der Waals surface area contributed by atoms with Crippen LogP contribution in [-0.4, -0.2) is 21.9 Å². The van der Waals surface area contributed by atoms with Crippen LogP contribution in [0.3, 0.4) is 0 Å². The van der Waals surface area contributed by atoms with Gasteiger partial charge in [0, 0.05) is 12.0 Å². The number of nitrogens with zero attached hydrogens (tertiary/aromatic N) is 2. The Morgan fingerprint density at radius 3 is 2.64 bits per heavy atom. The van der Waals surface area contributed by atoms with E-state index in [1.54, 1.807) is 0 Å². The summed E-state index contributed by atoms with van der Waals surface area (Å²) in [6.45, 7) is 0.0242. The minimum absolute atomic E-state index is 0.0242. The number of hydrogen-bond donors (Lipinski definition) is 1. The third kappa shape index (κ3) is 1.80. The van der Waals surface area contributed by atoms with Crippen molar-refractivity contribution in [2.75, 3.05) is 6.61 Å². The number of aliphatic hydroxyl groups excluding tert-OH is 1. The fourth-order valence-corrected chi connectivity index (χ4v) is 1.15. The predicted octanol–water partition coefficient (Wildman–Crippen LogP) is 1.27. The minimum Gasteiger partial charge on any atom is -0.421 e. The van der Waals surface area contributed by atoms with Gasteiger partial charge in [-0.25, -0.2) is 0 Å². The van der Waals surface area contributed by atoms with E-state index < -0.39 is 0 Å². The van der Waals surface area contributed by atoms with E-state index in [9.17, 15) is 0 Å². The number of hydrogen-bond acceptors (Lipinski definition) is 4. The molecule has 0 aliphatic carbocycles. The lowest BCUT2D eigenvalue weighted by atomic mass is 10.2.